The second kappa shape index (κ2) is 6.01. The third-order valence-electron chi connectivity index (χ3n) is 3.75. The molecule has 3 N–H and O–H groups in total. The van der Waals surface area contributed by atoms with Gasteiger partial charge < -0.3 is 15.6 Å². The Morgan fingerprint density at radius 3 is 2.52 bits per heavy atom. The largest absolute Gasteiger partial charge is 0.506 e. The molecule has 1 amide bonds. The van der Waals surface area contributed by atoms with Crippen LogP contribution in [0.3, 0.4) is 0 Å². The standard InChI is InChI=1S/C19H17NO3/c1-2-23-16-10-6-5-9-14(16)15-11-12-7-3-4-8-13(12)17(18(15)21)19(20)22/h3-11,21H,2H2,1H3,(H2,20,22). The number of aromatic hydroxyl groups is 1. The predicted octanol–water partition coefficient (Wildman–Crippen LogP) is 3.71. The summed E-state index contributed by atoms with van der Waals surface area (Å²) in [7, 11) is 0. The first-order chi connectivity index (χ1) is 11.1. The topological polar surface area (TPSA) is 72.5 Å². The zero-order chi connectivity index (χ0) is 16.4. The molecule has 0 aliphatic carbocycles. The van der Waals surface area contributed by atoms with Crippen molar-refractivity contribution in [3.63, 3.8) is 0 Å². The first kappa shape index (κ1) is 14.9. The summed E-state index contributed by atoms with van der Waals surface area (Å²) in [6, 6.07) is 16.6. The maximum Gasteiger partial charge on any atom is 0.253 e. The molecule has 0 spiro atoms. The van der Waals surface area contributed by atoms with Crippen molar-refractivity contribution in [2.75, 3.05) is 6.61 Å². The Morgan fingerprint density at radius 1 is 1.09 bits per heavy atom. The molecule has 3 rings (SSSR count). The Morgan fingerprint density at radius 2 is 1.78 bits per heavy atom. The van der Waals surface area contributed by atoms with Gasteiger partial charge in [0.2, 0.25) is 0 Å². The molecule has 4 heteroatoms. The average Bonchev–Trinajstić information content (AvgIpc) is 2.55. The monoisotopic (exact) mass is 307 g/mol. The molecule has 0 unspecified atom stereocenters. The van der Waals surface area contributed by atoms with Gasteiger partial charge in [-0.2, -0.15) is 0 Å². The minimum Gasteiger partial charge on any atom is -0.506 e. The molecule has 0 saturated heterocycles. The van der Waals surface area contributed by atoms with Crippen molar-refractivity contribution in [3.8, 4) is 22.6 Å². The quantitative estimate of drug-likeness (QED) is 0.771. The van der Waals surface area contributed by atoms with Crippen LogP contribution in [0.15, 0.2) is 54.6 Å². The molecule has 0 heterocycles. The molecule has 0 aliphatic rings. The summed E-state index contributed by atoms with van der Waals surface area (Å²) in [5, 5.41) is 12.1. The molecule has 3 aromatic rings. The van der Waals surface area contributed by atoms with E-state index in [0.717, 1.165) is 10.9 Å². The third kappa shape index (κ3) is 2.59. The van der Waals surface area contributed by atoms with Crippen LogP contribution in [-0.4, -0.2) is 17.6 Å². The molecular formula is C19H17NO3. The fourth-order valence-corrected chi connectivity index (χ4v) is 2.76. The highest BCUT2D eigenvalue weighted by atomic mass is 16.5. The van der Waals surface area contributed by atoms with E-state index in [2.05, 4.69) is 0 Å². The van der Waals surface area contributed by atoms with Crippen LogP contribution >= 0.6 is 0 Å². The summed E-state index contributed by atoms with van der Waals surface area (Å²) in [6.07, 6.45) is 0. The van der Waals surface area contributed by atoms with Crippen molar-refractivity contribution in [1.82, 2.24) is 0 Å². The molecule has 0 radical (unpaired) electrons. The highest BCUT2D eigenvalue weighted by molar-refractivity contribution is 6.11. The zero-order valence-corrected chi connectivity index (χ0v) is 12.7. The van der Waals surface area contributed by atoms with Gasteiger partial charge in [-0.25, -0.2) is 0 Å². The van der Waals surface area contributed by atoms with Crippen LogP contribution in [0, 0.1) is 0 Å². The minimum atomic E-state index is -0.658. The molecule has 23 heavy (non-hydrogen) atoms. The molecule has 0 aliphatic heterocycles. The molecule has 116 valence electrons. The van der Waals surface area contributed by atoms with Gasteiger partial charge in [-0.15, -0.1) is 0 Å². The van der Waals surface area contributed by atoms with Crippen molar-refractivity contribution in [3.05, 3.63) is 60.2 Å². The summed E-state index contributed by atoms with van der Waals surface area (Å²) >= 11 is 0. The van der Waals surface area contributed by atoms with Crippen molar-refractivity contribution in [2.24, 2.45) is 5.73 Å². The third-order valence-corrected chi connectivity index (χ3v) is 3.75. The van der Waals surface area contributed by atoms with Gasteiger partial charge in [-0.1, -0.05) is 42.5 Å². The van der Waals surface area contributed by atoms with E-state index in [1.54, 1.807) is 6.07 Å². The van der Waals surface area contributed by atoms with E-state index >= 15 is 0 Å². The lowest BCUT2D eigenvalue weighted by Crippen LogP contribution is -2.12. The fourth-order valence-electron chi connectivity index (χ4n) is 2.76. The number of amides is 1. The SMILES string of the molecule is CCOc1ccccc1-c1cc2ccccc2c(C(N)=O)c1O. The summed E-state index contributed by atoms with van der Waals surface area (Å²) in [5.41, 5.74) is 6.87. The van der Waals surface area contributed by atoms with E-state index in [1.165, 1.54) is 0 Å². The number of hydrogen-bond donors (Lipinski definition) is 2. The van der Waals surface area contributed by atoms with Gasteiger partial charge in [0.15, 0.2) is 0 Å². The highest BCUT2D eigenvalue weighted by Gasteiger charge is 2.19. The maximum atomic E-state index is 11.9. The Labute approximate surface area is 134 Å². The van der Waals surface area contributed by atoms with Crippen LogP contribution in [-0.2, 0) is 0 Å². The van der Waals surface area contributed by atoms with Crippen molar-refractivity contribution in [1.29, 1.82) is 0 Å². The van der Waals surface area contributed by atoms with Gasteiger partial charge in [-0.3, -0.25) is 4.79 Å². The van der Waals surface area contributed by atoms with Crippen LogP contribution in [0.4, 0.5) is 0 Å². The van der Waals surface area contributed by atoms with Crippen LogP contribution in [0.1, 0.15) is 17.3 Å². The number of fused-ring (bicyclic) bond motifs is 1. The lowest BCUT2D eigenvalue weighted by atomic mass is 9.94. The highest BCUT2D eigenvalue weighted by Crippen LogP contribution is 2.41. The van der Waals surface area contributed by atoms with Crippen molar-refractivity contribution >= 4 is 16.7 Å². The van der Waals surface area contributed by atoms with Crippen LogP contribution in [0.2, 0.25) is 0 Å². The first-order valence-corrected chi connectivity index (χ1v) is 7.40. The van der Waals surface area contributed by atoms with E-state index in [4.69, 9.17) is 10.5 Å². The minimum absolute atomic E-state index is 0.122. The van der Waals surface area contributed by atoms with E-state index in [0.29, 0.717) is 23.3 Å². The lowest BCUT2D eigenvalue weighted by Gasteiger charge is -2.15. The summed E-state index contributed by atoms with van der Waals surface area (Å²) < 4.78 is 5.63. The van der Waals surface area contributed by atoms with Gasteiger partial charge in [0, 0.05) is 11.1 Å². The van der Waals surface area contributed by atoms with Gasteiger partial charge in [-0.05, 0) is 29.8 Å². The molecule has 0 bridgehead atoms. The molecule has 3 aromatic carbocycles. The Kier molecular flexibility index (Phi) is 3.89. The number of hydrogen-bond acceptors (Lipinski definition) is 3. The fraction of sp³-hybridized carbons (Fsp3) is 0.105. The summed E-state index contributed by atoms with van der Waals surface area (Å²) in [5.74, 6) is -0.131. The number of carbonyl (C=O) groups is 1. The average molecular weight is 307 g/mol. The van der Waals surface area contributed by atoms with E-state index < -0.39 is 5.91 Å². The maximum absolute atomic E-state index is 11.9. The van der Waals surface area contributed by atoms with Crippen LogP contribution < -0.4 is 10.5 Å². The Hall–Kier alpha value is -3.01. The van der Waals surface area contributed by atoms with Gasteiger partial charge in [0.05, 0.1) is 12.2 Å². The predicted molar refractivity (Wildman–Crippen MR) is 90.7 cm³/mol. The van der Waals surface area contributed by atoms with Crippen LogP contribution in [0.25, 0.3) is 21.9 Å². The molecule has 0 atom stereocenters. The summed E-state index contributed by atoms with van der Waals surface area (Å²) in [4.78, 5) is 11.9. The second-order valence-electron chi connectivity index (χ2n) is 5.16. The molecule has 0 fully saturated rings. The lowest BCUT2D eigenvalue weighted by molar-refractivity contribution is 0.0999. The number of phenols is 1. The van der Waals surface area contributed by atoms with E-state index in [9.17, 15) is 9.90 Å². The molecule has 0 aromatic heterocycles. The van der Waals surface area contributed by atoms with E-state index in [-0.39, 0.29) is 11.3 Å². The van der Waals surface area contributed by atoms with Gasteiger partial charge in [0.25, 0.3) is 5.91 Å². The summed E-state index contributed by atoms with van der Waals surface area (Å²) in [6.45, 7) is 2.40. The van der Waals surface area contributed by atoms with Crippen LogP contribution in [0.5, 0.6) is 11.5 Å². The first-order valence-electron chi connectivity index (χ1n) is 7.40. The number of primary amides is 1. The molecular weight excluding hydrogens is 290 g/mol. The number of ether oxygens (including phenoxy) is 1. The second-order valence-corrected chi connectivity index (χ2v) is 5.16. The van der Waals surface area contributed by atoms with Gasteiger partial charge >= 0.3 is 0 Å². The number of rotatable bonds is 4. The molecule has 0 saturated carbocycles. The normalized spacial score (nSPS) is 10.7. The number of nitrogens with two attached hydrogens (primary N) is 1. The Balaban J connectivity index is 2.35. The number of carbonyl (C=O) groups excluding carboxylic acids is 1. The van der Waals surface area contributed by atoms with Gasteiger partial charge in [0.1, 0.15) is 11.5 Å². The number of benzene rings is 3. The smallest absolute Gasteiger partial charge is 0.253 e. The van der Waals surface area contributed by atoms with E-state index in [1.807, 2.05) is 55.5 Å². The number of para-hydroxylation sites is 1. The van der Waals surface area contributed by atoms with Crippen molar-refractivity contribution in [2.45, 2.75) is 6.92 Å². The Bertz CT molecular complexity index is 887. The molecule has 4 nitrogen and oxygen atoms in total. The van der Waals surface area contributed by atoms with Crippen molar-refractivity contribution < 1.29 is 14.6 Å². The zero-order valence-electron chi connectivity index (χ0n) is 12.7.